The normalized spacial score (nSPS) is 19.9. The Kier molecular flexibility index (Phi) is 1.60. The van der Waals surface area contributed by atoms with Gasteiger partial charge >= 0.3 is 0 Å². The van der Waals surface area contributed by atoms with Gasteiger partial charge in [-0.1, -0.05) is 36.4 Å². The van der Waals surface area contributed by atoms with Gasteiger partial charge in [0, 0.05) is 5.56 Å². The van der Waals surface area contributed by atoms with E-state index in [0.717, 1.165) is 22.3 Å². The van der Waals surface area contributed by atoms with Gasteiger partial charge in [0.25, 0.3) is 0 Å². The average Bonchev–Trinajstić information content (AvgIpc) is 2.71. The Labute approximate surface area is 82.1 Å². The Morgan fingerprint density at radius 1 is 1.14 bits per heavy atom. The molecule has 0 saturated heterocycles. The molecule has 0 aromatic heterocycles. The molecule has 1 aliphatic heterocycles. The maximum atomic E-state index is 9.69. The van der Waals surface area contributed by atoms with Crippen molar-refractivity contribution < 1.29 is 9.84 Å². The molecule has 3 aliphatic rings. The molecule has 0 spiro atoms. The lowest BCUT2D eigenvalue weighted by Crippen LogP contribution is -1.93. The van der Waals surface area contributed by atoms with E-state index in [1.54, 1.807) is 0 Å². The Morgan fingerprint density at radius 3 is 2.79 bits per heavy atom. The molecule has 1 N–H and O–H groups in total. The van der Waals surface area contributed by atoms with Gasteiger partial charge in [-0.05, 0) is 16.7 Å². The Bertz CT molecular complexity index is 450. The highest BCUT2D eigenvalue weighted by Gasteiger charge is 2.24. The van der Waals surface area contributed by atoms with Crippen molar-refractivity contribution in [2.24, 2.45) is 0 Å². The van der Waals surface area contributed by atoms with Crippen LogP contribution in [0.15, 0.2) is 36.4 Å². The molecule has 70 valence electrons. The number of hydrogen-bond acceptors (Lipinski definition) is 2. The minimum absolute atomic E-state index is 0.505. The van der Waals surface area contributed by atoms with Crippen LogP contribution in [0.2, 0.25) is 0 Å². The summed E-state index contributed by atoms with van der Waals surface area (Å²) in [5.74, 6) is 0. The fourth-order valence-electron chi connectivity index (χ4n) is 2.02. The van der Waals surface area contributed by atoms with Crippen LogP contribution < -0.4 is 0 Å². The molecule has 0 radical (unpaired) electrons. The highest BCUT2D eigenvalue weighted by atomic mass is 16.6. The molecular formula is C12H10O2. The summed E-state index contributed by atoms with van der Waals surface area (Å²) in [5.41, 5.74) is 4.25. The Morgan fingerprint density at radius 2 is 1.93 bits per heavy atom. The van der Waals surface area contributed by atoms with Crippen molar-refractivity contribution >= 4 is 0 Å². The van der Waals surface area contributed by atoms with Crippen LogP contribution in [0.3, 0.4) is 0 Å². The minimum Gasteiger partial charge on any atom is -0.364 e. The van der Waals surface area contributed by atoms with Crippen LogP contribution in [0.25, 0.3) is 11.1 Å². The van der Waals surface area contributed by atoms with Crippen molar-refractivity contribution in [1.29, 1.82) is 0 Å². The van der Waals surface area contributed by atoms with Gasteiger partial charge in [-0.2, -0.15) is 0 Å². The second-order valence-corrected chi connectivity index (χ2v) is 3.52. The maximum absolute atomic E-state index is 9.69. The van der Waals surface area contributed by atoms with Crippen LogP contribution in [-0.2, 0) is 11.3 Å². The monoisotopic (exact) mass is 186 g/mol. The fraction of sp³-hybridized carbons (Fsp3) is 0.167. The molecule has 2 nitrogen and oxygen atoms in total. The summed E-state index contributed by atoms with van der Waals surface area (Å²) in [4.78, 5) is 0. The standard InChI is InChI=1S/C12H10O2/c13-12-11-9(7-14-12)5-1-3-8-4-2-6-10(8)11/h1-6,12-13H,7H2. The molecule has 0 amide bonds. The lowest BCUT2D eigenvalue weighted by atomic mass is 10.1. The summed E-state index contributed by atoms with van der Waals surface area (Å²) in [5, 5.41) is 9.69. The number of fused-ring (bicyclic) bond motifs is 3. The largest absolute Gasteiger partial charge is 0.364 e. The summed E-state index contributed by atoms with van der Waals surface area (Å²) in [6.45, 7) is 0.505. The number of aliphatic hydroxyl groups is 1. The molecular weight excluding hydrogens is 176 g/mol. The molecule has 0 aromatic rings. The predicted octanol–water partition coefficient (Wildman–Crippen LogP) is 2.31. The molecule has 1 unspecified atom stereocenters. The van der Waals surface area contributed by atoms with Crippen molar-refractivity contribution in [1.82, 2.24) is 0 Å². The van der Waals surface area contributed by atoms with E-state index in [1.807, 2.05) is 30.3 Å². The van der Waals surface area contributed by atoms with Gasteiger partial charge in [0.05, 0.1) is 6.61 Å². The zero-order valence-electron chi connectivity index (χ0n) is 7.60. The van der Waals surface area contributed by atoms with Gasteiger partial charge < -0.3 is 9.84 Å². The summed E-state index contributed by atoms with van der Waals surface area (Å²) in [6, 6.07) is 12.1. The number of ether oxygens (including phenoxy) is 1. The first-order valence-electron chi connectivity index (χ1n) is 4.66. The van der Waals surface area contributed by atoms with Crippen molar-refractivity contribution in [2.45, 2.75) is 12.9 Å². The smallest absolute Gasteiger partial charge is 0.182 e. The van der Waals surface area contributed by atoms with Gasteiger partial charge in [-0.25, -0.2) is 0 Å². The lowest BCUT2D eigenvalue weighted by molar-refractivity contribution is -0.0916. The van der Waals surface area contributed by atoms with E-state index in [9.17, 15) is 5.11 Å². The number of aliphatic hydroxyl groups excluding tert-OH is 1. The summed E-state index contributed by atoms with van der Waals surface area (Å²) in [6.07, 6.45) is -0.762. The van der Waals surface area contributed by atoms with E-state index in [0.29, 0.717) is 6.61 Å². The zero-order valence-corrected chi connectivity index (χ0v) is 7.60. The second-order valence-electron chi connectivity index (χ2n) is 3.52. The molecule has 0 aromatic carbocycles. The van der Waals surface area contributed by atoms with Crippen molar-refractivity contribution in [3.63, 3.8) is 0 Å². The van der Waals surface area contributed by atoms with Gasteiger partial charge in [-0.15, -0.1) is 0 Å². The van der Waals surface area contributed by atoms with Gasteiger partial charge in [0.15, 0.2) is 6.29 Å². The van der Waals surface area contributed by atoms with E-state index >= 15 is 0 Å². The molecule has 0 fully saturated rings. The van der Waals surface area contributed by atoms with Crippen LogP contribution in [0.1, 0.15) is 17.4 Å². The average molecular weight is 186 g/mol. The summed E-state index contributed by atoms with van der Waals surface area (Å²) in [7, 11) is 0. The maximum Gasteiger partial charge on any atom is 0.182 e. The van der Waals surface area contributed by atoms with Crippen LogP contribution in [0.4, 0.5) is 0 Å². The lowest BCUT2D eigenvalue weighted by Gasteiger charge is -2.04. The van der Waals surface area contributed by atoms with Crippen molar-refractivity contribution in [3.05, 3.63) is 47.5 Å². The van der Waals surface area contributed by atoms with E-state index in [-0.39, 0.29) is 0 Å². The minimum atomic E-state index is -0.762. The van der Waals surface area contributed by atoms with Crippen LogP contribution in [0, 0.1) is 0 Å². The highest BCUT2D eigenvalue weighted by molar-refractivity contribution is 5.71. The van der Waals surface area contributed by atoms with Crippen molar-refractivity contribution in [3.8, 4) is 11.1 Å². The molecule has 0 bridgehead atoms. The number of rotatable bonds is 0. The third-order valence-electron chi connectivity index (χ3n) is 2.70. The zero-order chi connectivity index (χ0) is 9.54. The molecule has 14 heavy (non-hydrogen) atoms. The van der Waals surface area contributed by atoms with Gasteiger partial charge in [0.1, 0.15) is 0 Å². The molecule has 1 heterocycles. The first-order chi connectivity index (χ1) is 6.86. The molecule has 2 heteroatoms. The van der Waals surface area contributed by atoms with Gasteiger partial charge in [-0.3, -0.25) is 0 Å². The SMILES string of the molecule is OC1OCc2cccc3cccc-3c21. The molecule has 3 rings (SSSR count). The number of hydrogen-bond donors (Lipinski definition) is 1. The first-order valence-corrected chi connectivity index (χ1v) is 4.66. The van der Waals surface area contributed by atoms with Crippen LogP contribution >= 0.6 is 0 Å². The van der Waals surface area contributed by atoms with E-state index in [2.05, 4.69) is 6.07 Å². The van der Waals surface area contributed by atoms with Crippen molar-refractivity contribution in [2.75, 3.05) is 0 Å². The summed E-state index contributed by atoms with van der Waals surface area (Å²) >= 11 is 0. The Hall–Kier alpha value is -1.38. The Balaban J connectivity index is 2.36. The van der Waals surface area contributed by atoms with Gasteiger partial charge in [0.2, 0.25) is 0 Å². The summed E-state index contributed by atoms with van der Waals surface area (Å²) < 4.78 is 5.20. The molecule has 0 saturated carbocycles. The second kappa shape index (κ2) is 2.80. The van der Waals surface area contributed by atoms with E-state index in [1.165, 1.54) is 0 Å². The molecule has 1 atom stereocenters. The van der Waals surface area contributed by atoms with E-state index in [4.69, 9.17) is 4.74 Å². The quantitative estimate of drug-likeness (QED) is 0.684. The first kappa shape index (κ1) is 7.97. The third kappa shape index (κ3) is 0.983. The fourth-order valence-corrected chi connectivity index (χ4v) is 2.02. The molecule has 2 aliphatic carbocycles. The van der Waals surface area contributed by atoms with Crippen LogP contribution in [0.5, 0.6) is 0 Å². The third-order valence-corrected chi connectivity index (χ3v) is 2.70. The topological polar surface area (TPSA) is 29.5 Å². The predicted molar refractivity (Wildman–Crippen MR) is 52.8 cm³/mol. The van der Waals surface area contributed by atoms with E-state index < -0.39 is 6.29 Å². The van der Waals surface area contributed by atoms with Crippen LogP contribution in [-0.4, -0.2) is 5.11 Å². The highest BCUT2D eigenvalue weighted by Crippen LogP contribution is 2.37.